The van der Waals surface area contributed by atoms with Gasteiger partial charge in [0.2, 0.25) is 0 Å². The number of nitrogens with zero attached hydrogens (tertiary/aromatic N) is 1. The van der Waals surface area contributed by atoms with Crippen molar-refractivity contribution in [3.8, 4) is 55.6 Å². The van der Waals surface area contributed by atoms with Crippen LogP contribution in [-0.4, -0.2) is 0 Å². The third kappa shape index (κ3) is 6.32. The van der Waals surface area contributed by atoms with E-state index in [2.05, 4.69) is 249 Å². The molecule has 0 unspecified atom stereocenters. The fraction of sp³-hybridized carbons (Fsp3) is 0.0462. The van der Waals surface area contributed by atoms with Gasteiger partial charge in [0.15, 0.2) is 0 Å². The largest absolute Gasteiger partial charge is 0.455 e. The quantitative estimate of drug-likeness (QED) is 0.159. The van der Waals surface area contributed by atoms with E-state index >= 15 is 0 Å². The topological polar surface area (TPSA) is 16.4 Å². The molecule has 2 nitrogen and oxygen atoms in total. The van der Waals surface area contributed by atoms with Crippen LogP contribution in [0.25, 0.3) is 99.1 Å². The molecule has 2 heteroatoms. The molecule has 12 aromatic rings. The molecule has 11 aromatic carbocycles. The molecule has 0 saturated carbocycles. The monoisotopic (exact) mass is 855 g/mol. The van der Waals surface area contributed by atoms with Crippen molar-refractivity contribution in [2.24, 2.45) is 0 Å². The Labute approximate surface area is 390 Å². The first kappa shape index (κ1) is 39.0. The SMILES string of the molecule is CC1(C)c2ccccc2-c2ccc(N(c3ccc(-c4cccc5c4oc4ccccc45)cc3)c3cc(-c4cccc5ccccc45)ccc3-c3ccc(-c4cccc5ccccc45)cc3)cc21. The Hall–Kier alpha value is -8.46. The number of fused-ring (bicyclic) bond motifs is 8. The van der Waals surface area contributed by atoms with E-state index in [4.69, 9.17) is 4.42 Å². The van der Waals surface area contributed by atoms with Gasteiger partial charge < -0.3 is 9.32 Å². The van der Waals surface area contributed by atoms with Gasteiger partial charge in [-0.2, -0.15) is 0 Å². The summed E-state index contributed by atoms with van der Waals surface area (Å²) in [6.07, 6.45) is 0. The van der Waals surface area contributed by atoms with Crippen LogP contribution in [0.1, 0.15) is 25.0 Å². The van der Waals surface area contributed by atoms with Crippen LogP contribution < -0.4 is 4.90 Å². The lowest BCUT2D eigenvalue weighted by atomic mass is 9.82. The normalized spacial score (nSPS) is 12.7. The fourth-order valence-electron chi connectivity index (χ4n) is 10.9. The zero-order chi connectivity index (χ0) is 44.6. The molecule has 13 rings (SSSR count). The van der Waals surface area contributed by atoms with Gasteiger partial charge in [-0.3, -0.25) is 0 Å². The summed E-state index contributed by atoms with van der Waals surface area (Å²) in [5.41, 5.74) is 19.5. The Kier molecular flexibility index (Phi) is 8.91. The maximum atomic E-state index is 6.54. The van der Waals surface area contributed by atoms with Gasteiger partial charge in [-0.25, -0.2) is 0 Å². The average Bonchev–Trinajstić information content (AvgIpc) is 3.88. The van der Waals surface area contributed by atoms with Crippen LogP contribution in [0.2, 0.25) is 0 Å². The standard InChI is InChI=1S/C65H45NO/c1-65(2)60-26-9-7-20-56(60)57-39-37-49(41-61(57)65)66(48-35-32-46(33-36-48)55-24-13-25-59-58-21-8-10-27-63(58)67-64(55)59)62-40-47(53-23-12-17-43-15-4-6-19-51(43)53)34-38-54(62)45-30-28-44(29-31-45)52-22-11-16-42-14-3-5-18-50(42)52/h3-41H,1-2H3. The van der Waals surface area contributed by atoms with Gasteiger partial charge in [-0.05, 0) is 114 Å². The second-order valence-corrected chi connectivity index (χ2v) is 18.4. The highest BCUT2D eigenvalue weighted by atomic mass is 16.3. The van der Waals surface area contributed by atoms with Gasteiger partial charge in [0.1, 0.15) is 11.2 Å². The van der Waals surface area contributed by atoms with Gasteiger partial charge >= 0.3 is 0 Å². The summed E-state index contributed by atoms with van der Waals surface area (Å²) in [4.78, 5) is 2.48. The summed E-state index contributed by atoms with van der Waals surface area (Å²) in [6.45, 7) is 4.73. The molecule has 1 aliphatic rings. The first-order valence-electron chi connectivity index (χ1n) is 23.2. The zero-order valence-electron chi connectivity index (χ0n) is 37.4. The highest BCUT2D eigenvalue weighted by Crippen LogP contribution is 2.52. The van der Waals surface area contributed by atoms with E-state index in [-0.39, 0.29) is 5.41 Å². The van der Waals surface area contributed by atoms with Crippen molar-refractivity contribution in [2.75, 3.05) is 4.90 Å². The van der Waals surface area contributed by atoms with E-state index in [0.29, 0.717) is 0 Å². The molecular weight excluding hydrogens is 811 g/mol. The van der Waals surface area contributed by atoms with Crippen LogP contribution in [0, 0.1) is 0 Å². The number of para-hydroxylation sites is 2. The second-order valence-electron chi connectivity index (χ2n) is 18.4. The molecule has 0 saturated heterocycles. The zero-order valence-corrected chi connectivity index (χ0v) is 37.4. The number of anilines is 3. The number of furan rings is 1. The van der Waals surface area contributed by atoms with Gasteiger partial charge in [0.05, 0.1) is 5.69 Å². The average molecular weight is 856 g/mol. The summed E-state index contributed by atoms with van der Waals surface area (Å²) in [6, 6.07) is 86.6. The van der Waals surface area contributed by atoms with Crippen LogP contribution in [-0.2, 0) is 5.41 Å². The lowest BCUT2D eigenvalue weighted by Gasteiger charge is -2.30. The summed E-state index contributed by atoms with van der Waals surface area (Å²) >= 11 is 0. The molecule has 0 atom stereocenters. The number of hydrogen-bond acceptors (Lipinski definition) is 2. The first-order chi connectivity index (χ1) is 33.0. The summed E-state index contributed by atoms with van der Waals surface area (Å²) in [7, 11) is 0. The Morgan fingerprint density at radius 2 is 0.806 bits per heavy atom. The van der Waals surface area contributed by atoms with E-state index in [1.807, 2.05) is 6.07 Å². The fourth-order valence-corrected chi connectivity index (χ4v) is 10.9. The van der Waals surface area contributed by atoms with Crippen molar-refractivity contribution in [1.82, 2.24) is 0 Å². The van der Waals surface area contributed by atoms with Gasteiger partial charge in [0.25, 0.3) is 0 Å². The van der Waals surface area contributed by atoms with Crippen molar-refractivity contribution < 1.29 is 4.42 Å². The third-order valence-electron chi connectivity index (χ3n) is 14.3. The smallest absolute Gasteiger partial charge is 0.143 e. The summed E-state index contributed by atoms with van der Waals surface area (Å²) in [5.74, 6) is 0. The molecule has 0 aliphatic heterocycles. The third-order valence-corrected chi connectivity index (χ3v) is 14.3. The predicted molar refractivity (Wildman–Crippen MR) is 283 cm³/mol. The van der Waals surface area contributed by atoms with Crippen molar-refractivity contribution >= 4 is 60.5 Å². The van der Waals surface area contributed by atoms with Crippen LogP contribution in [0.3, 0.4) is 0 Å². The maximum absolute atomic E-state index is 6.54. The maximum Gasteiger partial charge on any atom is 0.143 e. The molecule has 1 aromatic heterocycles. The molecule has 0 fully saturated rings. The van der Waals surface area contributed by atoms with E-state index in [1.165, 1.54) is 60.5 Å². The predicted octanol–water partition coefficient (Wildman–Crippen LogP) is 18.3. The van der Waals surface area contributed by atoms with Crippen LogP contribution in [0.5, 0.6) is 0 Å². The van der Waals surface area contributed by atoms with Crippen LogP contribution in [0.15, 0.2) is 241 Å². The van der Waals surface area contributed by atoms with Gasteiger partial charge in [-0.1, -0.05) is 214 Å². The van der Waals surface area contributed by atoms with E-state index < -0.39 is 0 Å². The minimum Gasteiger partial charge on any atom is -0.455 e. The molecule has 1 heterocycles. The van der Waals surface area contributed by atoms with E-state index in [9.17, 15) is 0 Å². The minimum atomic E-state index is -0.173. The molecule has 0 spiro atoms. The molecular formula is C65H45NO. The molecule has 1 aliphatic carbocycles. The highest BCUT2D eigenvalue weighted by Gasteiger charge is 2.36. The van der Waals surface area contributed by atoms with Crippen molar-refractivity contribution in [1.29, 1.82) is 0 Å². The molecule has 316 valence electrons. The molecule has 0 radical (unpaired) electrons. The van der Waals surface area contributed by atoms with Crippen molar-refractivity contribution in [3.05, 3.63) is 248 Å². The van der Waals surface area contributed by atoms with Crippen molar-refractivity contribution in [3.63, 3.8) is 0 Å². The van der Waals surface area contributed by atoms with E-state index in [1.54, 1.807) is 0 Å². The minimum absolute atomic E-state index is 0.173. The number of hydrogen-bond donors (Lipinski definition) is 0. The molecule has 0 amide bonds. The Bertz CT molecular complexity index is 3880. The van der Waals surface area contributed by atoms with Gasteiger partial charge in [-0.15, -0.1) is 0 Å². The van der Waals surface area contributed by atoms with Crippen LogP contribution >= 0.6 is 0 Å². The number of benzene rings is 11. The second kappa shape index (κ2) is 15.3. The Morgan fingerprint density at radius 1 is 0.328 bits per heavy atom. The highest BCUT2D eigenvalue weighted by molar-refractivity contribution is 6.10. The molecule has 0 bridgehead atoms. The summed E-state index contributed by atoms with van der Waals surface area (Å²) < 4.78 is 6.54. The van der Waals surface area contributed by atoms with E-state index in [0.717, 1.165) is 66.8 Å². The van der Waals surface area contributed by atoms with Crippen LogP contribution in [0.4, 0.5) is 17.1 Å². The number of rotatable bonds is 7. The van der Waals surface area contributed by atoms with Gasteiger partial charge in [0, 0.05) is 38.7 Å². The van der Waals surface area contributed by atoms with Crippen molar-refractivity contribution in [2.45, 2.75) is 19.3 Å². The lowest BCUT2D eigenvalue weighted by molar-refractivity contribution is 0.660. The Balaban J connectivity index is 1.02. The Morgan fingerprint density at radius 3 is 1.55 bits per heavy atom. The lowest BCUT2D eigenvalue weighted by Crippen LogP contribution is -2.17. The first-order valence-corrected chi connectivity index (χ1v) is 23.2. The summed E-state index contributed by atoms with van der Waals surface area (Å²) in [5, 5.41) is 7.21. The molecule has 67 heavy (non-hydrogen) atoms. The molecule has 0 N–H and O–H groups in total.